The molecule has 3 atom stereocenters. The molecule has 25 heavy (non-hydrogen) atoms. The Morgan fingerprint density at radius 2 is 2.32 bits per heavy atom. The molecule has 1 aliphatic heterocycles. The number of carbonyl (C=O) groups excluding carboxylic acids is 1. The minimum atomic E-state index is -1.02. The normalized spacial score (nSPS) is 21.8. The standard InChI is InChI=1S/C18H22ClN3O2S/c1-13-6-8-22(18(23)21-7-3-9-25(2)24)17(10-13)14-4-5-15(12-20)16(19)11-14/h3-5,9,11,13,17H,6-8,10H2,1-2H3,(H,21,23)/b9-3-. The van der Waals surface area contributed by atoms with E-state index in [4.69, 9.17) is 16.9 Å². The Balaban J connectivity index is 2.15. The van der Waals surface area contributed by atoms with Crippen LogP contribution < -0.4 is 5.32 Å². The Morgan fingerprint density at radius 1 is 1.56 bits per heavy atom. The second-order valence-electron chi connectivity index (χ2n) is 6.25. The average molecular weight is 380 g/mol. The van der Waals surface area contributed by atoms with Gasteiger partial charge >= 0.3 is 6.03 Å². The number of likely N-dealkylation sites (tertiary alicyclic amines) is 1. The summed E-state index contributed by atoms with van der Waals surface area (Å²) in [5.74, 6) is 0.505. The molecule has 5 nitrogen and oxygen atoms in total. The van der Waals surface area contributed by atoms with Gasteiger partial charge in [0.15, 0.2) is 0 Å². The highest BCUT2D eigenvalue weighted by Gasteiger charge is 2.31. The molecule has 0 saturated carbocycles. The molecule has 1 aliphatic rings. The van der Waals surface area contributed by atoms with Gasteiger partial charge in [-0.1, -0.05) is 30.7 Å². The summed E-state index contributed by atoms with van der Waals surface area (Å²) < 4.78 is 11.0. The number of benzene rings is 1. The number of nitrogens with zero attached hydrogens (tertiary/aromatic N) is 2. The van der Waals surface area contributed by atoms with Crippen molar-refractivity contribution in [2.45, 2.75) is 25.8 Å². The van der Waals surface area contributed by atoms with E-state index in [1.54, 1.807) is 29.9 Å². The first-order chi connectivity index (χ1) is 11.9. The molecule has 7 heteroatoms. The average Bonchev–Trinajstić information content (AvgIpc) is 2.58. The van der Waals surface area contributed by atoms with Crippen molar-refractivity contribution in [1.29, 1.82) is 5.26 Å². The van der Waals surface area contributed by atoms with Gasteiger partial charge < -0.3 is 10.2 Å². The maximum atomic E-state index is 12.6. The molecule has 2 amide bonds. The number of amides is 2. The van der Waals surface area contributed by atoms with Crippen LogP contribution in [0.3, 0.4) is 0 Å². The Bertz CT molecular complexity index is 730. The van der Waals surface area contributed by atoms with Gasteiger partial charge in [0.05, 0.1) is 16.6 Å². The van der Waals surface area contributed by atoms with Gasteiger partial charge in [-0.25, -0.2) is 4.79 Å². The molecule has 1 aromatic carbocycles. The number of hydrogen-bond acceptors (Lipinski definition) is 3. The van der Waals surface area contributed by atoms with Crippen LogP contribution in [0.25, 0.3) is 0 Å². The van der Waals surface area contributed by atoms with Gasteiger partial charge in [0.1, 0.15) is 6.07 Å². The number of carbonyl (C=O) groups is 1. The van der Waals surface area contributed by atoms with Crippen molar-refractivity contribution in [3.63, 3.8) is 0 Å². The van der Waals surface area contributed by atoms with E-state index in [2.05, 4.69) is 18.3 Å². The molecule has 0 aliphatic carbocycles. The molecule has 2 rings (SSSR count). The smallest absolute Gasteiger partial charge is 0.318 e. The fraction of sp³-hybridized carbons (Fsp3) is 0.444. The third-order valence-corrected chi connectivity index (χ3v) is 5.17. The first-order valence-corrected chi connectivity index (χ1v) is 10.1. The predicted octanol–water partition coefficient (Wildman–Crippen LogP) is 3.59. The third-order valence-electron chi connectivity index (χ3n) is 4.28. The van der Waals surface area contributed by atoms with Crippen LogP contribution in [0.1, 0.15) is 36.9 Å². The predicted molar refractivity (Wildman–Crippen MR) is 101 cm³/mol. The number of rotatable bonds is 4. The van der Waals surface area contributed by atoms with Crippen molar-refractivity contribution in [3.8, 4) is 6.07 Å². The number of piperidine rings is 1. The summed E-state index contributed by atoms with van der Waals surface area (Å²) in [7, 11) is -1.02. The second kappa shape index (κ2) is 9.02. The van der Waals surface area contributed by atoms with Crippen LogP contribution in [0.4, 0.5) is 4.79 Å². The molecule has 1 fully saturated rings. The van der Waals surface area contributed by atoms with Crippen LogP contribution in [-0.4, -0.2) is 34.5 Å². The lowest BCUT2D eigenvalue weighted by molar-refractivity contribution is 0.132. The molecule has 0 bridgehead atoms. The Morgan fingerprint density at radius 3 is 2.96 bits per heavy atom. The molecule has 3 unspecified atom stereocenters. The van der Waals surface area contributed by atoms with E-state index < -0.39 is 10.8 Å². The zero-order valence-electron chi connectivity index (χ0n) is 14.4. The second-order valence-corrected chi connectivity index (χ2v) is 7.92. The lowest BCUT2D eigenvalue weighted by Gasteiger charge is -2.38. The highest BCUT2D eigenvalue weighted by molar-refractivity contribution is 7.87. The SMILES string of the molecule is CC1CCN(C(=O)NC/C=C\S(C)=O)C(c2ccc(C#N)c(Cl)c2)C1. The zero-order chi connectivity index (χ0) is 18.4. The molecule has 1 heterocycles. The molecular weight excluding hydrogens is 358 g/mol. The maximum absolute atomic E-state index is 12.6. The van der Waals surface area contributed by atoms with Gasteiger partial charge in [-0.3, -0.25) is 4.21 Å². The van der Waals surface area contributed by atoms with E-state index in [9.17, 15) is 9.00 Å². The summed E-state index contributed by atoms with van der Waals surface area (Å²) in [5.41, 5.74) is 1.37. The maximum Gasteiger partial charge on any atom is 0.318 e. The summed E-state index contributed by atoms with van der Waals surface area (Å²) in [6.45, 7) is 3.18. The van der Waals surface area contributed by atoms with Gasteiger partial charge in [0, 0.05) is 30.1 Å². The largest absolute Gasteiger partial charge is 0.334 e. The fourth-order valence-corrected chi connectivity index (χ4v) is 3.56. The Labute approximate surface area is 156 Å². The summed E-state index contributed by atoms with van der Waals surface area (Å²) in [6.07, 6.45) is 5.07. The summed E-state index contributed by atoms with van der Waals surface area (Å²) in [6, 6.07) is 7.18. The van der Waals surface area contributed by atoms with E-state index >= 15 is 0 Å². The van der Waals surface area contributed by atoms with E-state index in [1.165, 1.54) is 0 Å². The number of nitriles is 1. The number of urea groups is 1. The highest BCUT2D eigenvalue weighted by Crippen LogP contribution is 2.35. The quantitative estimate of drug-likeness (QED) is 0.868. The van der Waals surface area contributed by atoms with Gasteiger partial charge in [-0.05, 0) is 41.9 Å². The van der Waals surface area contributed by atoms with Crippen LogP contribution in [0, 0.1) is 17.2 Å². The van der Waals surface area contributed by atoms with Crippen LogP contribution in [-0.2, 0) is 10.8 Å². The molecular formula is C18H22ClN3O2S. The summed E-state index contributed by atoms with van der Waals surface area (Å²) >= 11 is 6.16. The fourth-order valence-electron chi connectivity index (χ4n) is 2.96. The van der Waals surface area contributed by atoms with E-state index in [1.807, 2.05) is 11.0 Å². The first-order valence-electron chi connectivity index (χ1n) is 8.15. The molecule has 1 saturated heterocycles. The van der Waals surface area contributed by atoms with Crippen LogP contribution in [0.15, 0.2) is 29.7 Å². The minimum Gasteiger partial charge on any atom is -0.334 e. The molecule has 134 valence electrons. The van der Waals surface area contributed by atoms with E-state index in [0.717, 1.165) is 18.4 Å². The van der Waals surface area contributed by atoms with Gasteiger partial charge in [0.25, 0.3) is 0 Å². The minimum absolute atomic E-state index is 0.0710. The van der Waals surface area contributed by atoms with Crippen LogP contribution in [0.5, 0.6) is 0 Å². The molecule has 0 spiro atoms. The highest BCUT2D eigenvalue weighted by atomic mass is 35.5. The zero-order valence-corrected chi connectivity index (χ0v) is 15.9. The molecule has 0 aromatic heterocycles. The lowest BCUT2D eigenvalue weighted by Crippen LogP contribution is -2.46. The number of nitrogens with one attached hydrogen (secondary N) is 1. The van der Waals surface area contributed by atoms with Gasteiger partial charge in [-0.2, -0.15) is 5.26 Å². The van der Waals surface area contributed by atoms with E-state index in [0.29, 0.717) is 29.6 Å². The van der Waals surface area contributed by atoms with Crippen molar-refractivity contribution >= 4 is 28.4 Å². The first kappa shape index (κ1) is 19.5. The number of halogens is 1. The van der Waals surface area contributed by atoms with Crippen molar-refractivity contribution < 1.29 is 9.00 Å². The monoisotopic (exact) mass is 379 g/mol. The topological polar surface area (TPSA) is 73.2 Å². The Kier molecular flexibility index (Phi) is 7.03. The van der Waals surface area contributed by atoms with E-state index in [-0.39, 0.29) is 12.1 Å². The van der Waals surface area contributed by atoms with Crippen molar-refractivity contribution in [2.24, 2.45) is 5.92 Å². The molecule has 1 aromatic rings. The molecule has 1 N–H and O–H groups in total. The van der Waals surface area contributed by atoms with Crippen molar-refractivity contribution in [1.82, 2.24) is 10.2 Å². The van der Waals surface area contributed by atoms with Crippen LogP contribution in [0.2, 0.25) is 5.02 Å². The third kappa shape index (κ3) is 5.32. The van der Waals surface area contributed by atoms with Gasteiger partial charge in [0.2, 0.25) is 0 Å². The van der Waals surface area contributed by atoms with Crippen molar-refractivity contribution in [3.05, 3.63) is 45.8 Å². The summed E-state index contributed by atoms with van der Waals surface area (Å²) in [5, 5.41) is 13.8. The lowest BCUT2D eigenvalue weighted by atomic mass is 9.88. The van der Waals surface area contributed by atoms with Gasteiger partial charge in [-0.15, -0.1) is 0 Å². The Hall–Kier alpha value is -1.84. The summed E-state index contributed by atoms with van der Waals surface area (Å²) in [4.78, 5) is 14.4. The van der Waals surface area contributed by atoms with Crippen LogP contribution >= 0.6 is 11.6 Å². The van der Waals surface area contributed by atoms with Crippen molar-refractivity contribution in [2.75, 3.05) is 19.3 Å². The number of hydrogen-bond donors (Lipinski definition) is 1. The molecule has 0 radical (unpaired) electrons.